The molecule has 3 aromatic carbocycles. The van der Waals surface area contributed by atoms with Crippen LogP contribution in [0.2, 0.25) is 0 Å². The van der Waals surface area contributed by atoms with Gasteiger partial charge < -0.3 is 14.2 Å². The maximum atomic E-state index is 12.6. The maximum Gasteiger partial charge on any atom is 0.339 e. The van der Waals surface area contributed by atoms with Crippen LogP contribution in [0.3, 0.4) is 0 Å². The van der Waals surface area contributed by atoms with Crippen molar-refractivity contribution in [2.24, 2.45) is 0 Å². The molecule has 3 aromatic rings. The smallest absolute Gasteiger partial charge is 0.339 e. The molecule has 0 aliphatic carbocycles. The first-order valence-corrected chi connectivity index (χ1v) is 11.8. The SMILES string of the molecule is COc1cc(/C=C(\C#N)C(=O)NC(C)c2ccccc2)ccc1OS(=O)(=O)c1ccc(C)cc1. The minimum absolute atomic E-state index is 0.0131. The number of nitrogens with zero attached hydrogens (tertiary/aromatic N) is 1. The van der Waals surface area contributed by atoms with Gasteiger partial charge in [-0.25, -0.2) is 0 Å². The van der Waals surface area contributed by atoms with Crippen LogP contribution in [0.1, 0.15) is 29.7 Å². The van der Waals surface area contributed by atoms with Gasteiger partial charge in [-0.15, -0.1) is 0 Å². The topological polar surface area (TPSA) is 105 Å². The van der Waals surface area contributed by atoms with E-state index in [4.69, 9.17) is 8.92 Å². The minimum atomic E-state index is -4.07. The van der Waals surface area contributed by atoms with Gasteiger partial charge in [0.2, 0.25) is 0 Å². The number of ether oxygens (including phenoxy) is 1. The van der Waals surface area contributed by atoms with E-state index in [1.54, 1.807) is 12.1 Å². The summed E-state index contributed by atoms with van der Waals surface area (Å²) in [5.41, 5.74) is 2.19. The number of carbonyl (C=O) groups is 1. The largest absolute Gasteiger partial charge is 0.493 e. The summed E-state index contributed by atoms with van der Waals surface area (Å²) < 4.78 is 35.8. The van der Waals surface area contributed by atoms with Gasteiger partial charge >= 0.3 is 10.1 Å². The number of nitriles is 1. The van der Waals surface area contributed by atoms with Crippen LogP contribution in [-0.4, -0.2) is 21.4 Å². The highest BCUT2D eigenvalue weighted by Gasteiger charge is 2.20. The molecule has 1 atom stereocenters. The van der Waals surface area contributed by atoms with E-state index in [1.165, 1.54) is 43.5 Å². The molecule has 7 nitrogen and oxygen atoms in total. The van der Waals surface area contributed by atoms with E-state index in [2.05, 4.69) is 5.32 Å². The van der Waals surface area contributed by atoms with Gasteiger partial charge in [0.15, 0.2) is 11.5 Å². The highest BCUT2D eigenvalue weighted by molar-refractivity contribution is 7.87. The molecule has 0 saturated carbocycles. The highest BCUT2D eigenvalue weighted by Crippen LogP contribution is 2.31. The molecule has 0 aliphatic heterocycles. The number of aryl methyl sites for hydroxylation is 1. The van der Waals surface area contributed by atoms with Crippen LogP contribution in [0.5, 0.6) is 11.5 Å². The molecule has 0 spiro atoms. The van der Waals surface area contributed by atoms with Gasteiger partial charge in [-0.3, -0.25) is 4.79 Å². The van der Waals surface area contributed by atoms with Crippen molar-refractivity contribution in [3.8, 4) is 17.6 Å². The second kappa shape index (κ2) is 10.7. The summed E-state index contributed by atoms with van der Waals surface area (Å²) >= 11 is 0. The van der Waals surface area contributed by atoms with Crippen molar-refractivity contribution in [1.29, 1.82) is 5.26 Å². The number of benzene rings is 3. The van der Waals surface area contributed by atoms with E-state index in [-0.39, 0.29) is 28.0 Å². The average Bonchev–Trinajstić information content (AvgIpc) is 2.83. The molecule has 0 radical (unpaired) electrons. The second-order valence-electron chi connectivity index (χ2n) is 7.54. The summed E-state index contributed by atoms with van der Waals surface area (Å²) in [6, 6.07) is 21.7. The number of nitrogens with one attached hydrogen (secondary N) is 1. The fourth-order valence-corrected chi connectivity index (χ4v) is 4.07. The molecular weight excluding hydrogens is 452 g/mol. The lowest BCUT2D eigenvalue weighted by atomic mass is 10.1. The lowest BCUT2D eigenvalue weighted by molar-refractivity contribution is -0.117. The molecule has 0 heterocycles. The Kier molecular flexibility index (Phi) is 7.71. The molecule has 0 saturated heterocycles. The van der Waals surface area contributed by atoms with Crippen LogP contribution in [0.25, 0.3) is 6.08 Å². The first-order chi connectivity index (χ1) is 16.2. The van der Waals surface area contributed by atoms with Gasteiger partial charge in [-0.1, -0.05) is 54.1 Å². The first kappa shape index (κ1) is 24.6. The number of hydrogen-bond acceptors (Lipinski definition) is 6. The zero-order chi connectivity index (χ0) is 24.7. The van der Waals surface area contributed by atoms with Crippen molar-refractivity contribution in [2.75, 3.05) is 7.11 Å². The van der Waals surface area contributed by atoms with Gasteiger partial charge in [-0.2, -0.15) is 13.7 Å². The van der Waals surface area contributed by atoms with E-state index in [0.29, 0.717) is 5.56 Å². The third-order valence-electron chi connectivity index (χ3n) is 5.02. The molecule has 8 heteroatoms. The molecule has 0 aromatic heterocycles. The Bertz CT molecular complexity index is 1340. The number of hydrogen-bond donors (Lipinski definition) is 1. The van der Waals surface area contributed by atoms with Crippen LogP contribution in [-0.2, 0) is 14.9 Å². The van der Waals surface area contributed by atoms with Crippen molar-refractivity contribution in [3.63, 3.8) is 0 Å². The number of rotatable bonds is 8. The lowest BCUT2D eigenvalue weighted by Gasteiger charge is -2.14. The van der Waals surface area contributed by atoms with E-state index in [9.17, 15) is 18.5 Å². The predicted molar refractivity (Wildman–Crippen MR) is 129 cm³/mol. The Hall–Kier alpha value is -4.09. The van der Waals surface area contributed by atoms with Gasteiger partial charge in [0.1, 0.15) is 16.5 Å². The molecular formula is C26H24N2O5S. The normalized spacial score (nSPS) is 12.4. The van der Waals surface area contributed by atoms with Crippen molar-refractivity contribution in [1.82, 2.24) is 5.32 Å². The molecule has 174 valence electrons. The fourth-order valence-electron chi connectivity index (χ4n) is 3.13. The molecule has 0 fully saturated rings. The number of carbonyl (C=O) groups excluding carboxylic acids is 1. The van der Waals surface area contributed by atoms with Gasteiger partial charge in [0.25, 0.3) is 5.91 Å². The third-order valence-corrected chi connectivity index (χ3v) is 6.27. The fraction of sp³-hybridized carbons (Fsp3) is 0.154. The zero-order valence-corrected chi connectivity index (χ0v) is 19.8. The maximum absolute atomic E-state index is 12.6. The van der Waals surface area contributed by atoms with E-state index < -0.39 is 16.0 Å². The van der Waals surface area contributed by atoms with Crippen LogP contribution >= 0.6 is 0 Å². The summed E-state index contributed by atoms with van der Waals surface area (Å²) in [7, 11) is -2.70. The lowest BCUT2D eigenvalue weighted by Crippen LogP contribution is -2.27. The summed E-state index contributed by atoms with van der Waals surface area (Å²) in [6.45, 7) is 3.68. The average molecular weight is 477 g/mol. The molecule has 1 N–H and O–H groups in total. The highest BCUT2D eigenvalue weighted by atomic mass is 32.2. The monoisotopic (exact) mass is 476 g/mol. The summed E-state index contributed by atoms with van der Waals surface area (Å²) in [5.74, 6) is -0.402. The molecule has 0 bridgehead atoms. The Morgan fingerprint density at radius 3 is 2.32 bits per heavy atom. The Labute approximate surface area is 199 Å². The van der Waals surface area contributed by atoms with E-state index in [1.807, 2.05) is 50.2 Å². The van der Waals surface area contributed by atoms with Crippen LogP contribution in [0.4, 0.5) is 0 Å². The van der Waals surface area contributed by atoms with Crippen molar-refractivity contribution in [3.05, 3.63) is 95.1 Å². The summed E-state index contributed by atoms with van der Waals surface area (Å²) in [4.78, 5) is 12.6. The molecule has 1 amide bonds. The predicted octanol–water partition coefficient (Wildman–Crippen LogP) is 4.56. The van der Waals surface area contributed by atoms with Gasteiger partial charge in [0.05, 0.1) is 13.2 Å². The van der Waals surface area contributed by atoms with Crippen LogP contribution < -0.4 is 14.2 Å². The van der Waals surface area contributed by atoms with E-state index in [0.717, 1.165) is 11.1 Å². The second-order valence-corrected chi connectivity index (χ2v) is 9.08. The quantitative estimate of drug-likeness (QED) is 0.290. The van der Waals surface area contributed by atoms with Crippen molar-refractivity contribution >= 4 is 22.1 Å². The van der Waals surface area contributed by atoms with Crippen LogP contribution in [0, 0.1) is 18.3 Å². The number of methoxy groups -OCH3 is 1. The van der Waals surface area contributed by atoms with Gasteiger partial charge in [-0.05, 0) is 55.3 Å². The third kappa shape index (κ3) is 6.03. The van der Waals surface area contributed by atoms with Crippen molar-refractivity contribution in [2.45, 2.75) is 24.8 Å². The molecule has 1 unspecified atom stereocenters. The summed E-state index contributed by atoms with van der Waals surface area (Å²) in [6.07, 6.45) is 1.40. The number of amides is 1. The first-order valence-electron chi connectivity index (χ1n) is 10.4. The minimum Gasteiger partial charge on any atom is -0.493 e. The molecule has 0 aliphatic rings. The van der Waals surface area contributed by atoms with Crippen molar-refractivity contribution < 1.29 is 22.1 Å². The van der Waals surface area contributed by atoms with Gasteiger partial charge in [0, 0.05) is 0 Å². The molecule has 3 rings (SSSR count). The Morgan fingerprint density at radius 2 is 1.71 bits per heavy atom. The summed E-state index contributed by atoms with van der Waals surface area (Å²) in [5, 5.41) is 12.3. The standard InChI is InChI=1S/C26H24N2O5S/c1-18-9-12-23(13-10-18)34(30,31)33-24-14-11-20(16-25(24)32-3)15-22(17-27)26(29)28-19(2)21-7-5-4-6-8-21/h4-16,19H,1-3H3,(H,28,29)/b22-15+. The van der Waals surface area contributed by atoms with E-state index >= 15 is 0 Å². The van der Waals surface area contributed by atoms with Crippen LogP contribution in [0.15, 0.2) is 83.3 Å². The Balaban J connectivity index is 1.81. The molecule has 34 heavy (non-hydrogen) atoms. The Morgan fingerprint density at radius 1 is 1.03 bits per heavy atom. The zero-order valence-electron chi connectivity index (χ0n) is 19.0.